The van der Waals surface area contributed by atoms with Gasteiger partial charge in [-0.3, -0.25) is 0 Å². The monoisotopic (exact) mass is 204 g/mol. The highest BCUT2D eigenvalue weighted by Crippen LogP contribution is 2.04. The van der Waals surface area contributed by atoms with Crippen LogP contribution >= 0.6 is 0 Å². The zero-order valence-electron chi connectivity index (χ0n) is 7.07. The lowest BCUT2D eigenvalue weighted by Gasteiger charge is -1.92. The topological polar surface area (TPSA) is 89.1 Å². The summed E-state index contributed by atoms with van der Waals surface area (Å²) < 4.78 is 26.2. The van der Waals surface area contributed by atoms with E-state index in [0.717, 1.165) is 12.5 Å². The lowest BCUT2D eigenvalue weighted by atomic mass is 10.5. The molecule has 1 rings (SSSR count). The first-order chi connectivity index (χ1) is 5.95. The van der Waals surface area contributed by atoms with Crippen LogP contribution in [-0.4, -0.2) is 37.7 Å². The Balaban J connectivity index is 3.07. The highest BCUT2D eigenvalue weighted by atomic mass is 32.2. The maximum absolute atomic E-state index is 10.9. The summed E-state index contributed by atoms with van der Waals surface area (Å²) in [5, 5.41) is -0.243. The average molecular weight is 204 g/mol. The van der Waals surface area contributed by atoms with Gasteiger partial charge in [-0.1, -0.05) is 0 Å². The minimum absolute atomic E-state index is 0.0166. The Morgan fingerprint density at radius 2 is 2.23 bits per heavy atom. The number of nitrogens with one attached hydrogen (secondary N) is 1. The number of ether oxygens (including phenoxy) is 1. The Kier molecular flexibility index (Phi) is 2.37. The molecule has 6 nitrogen and oxygen atoms in total. The molecule has 0 unspecified atom stereocenters. The molecule has 0 aliphatic heterocycles. The van der Waals surface area contributed by atoms with Gasteiger partial charge in [0.1, 0.15) is 5.69 Å². The van der Waals surface area contributed by atoms with Gasteiger partial charge in [0, 0.05) is 6.26 Å². The van der Waals surface area contributed by atoms with E-state index in [4.69, 9.17) is 0 Å². The van der Waals surface area contributed by atoms with Gasteiger partial charge >= 0.3 is 5.97 Å². The van der Waals surface area contributed by atoms with E-state index in [2.05, 4.69) is 14.7 Å². The molecule has 1 aromatic heterocycles. The molecular weight excluding hydrogens is 196 g/mol. The molecule has 7 heteroatoms. The molecule has 1 heterocycles. The van der Waals surface area contributed by atoms with E-state index in [1.54, 1.807) is 0 Å². The fraction of sp³-hybridized carbons (Fsp3) is 0.333. The van der Waals surface area contributed by atoms with Crippen molar-refractivity contribution in [3.8, 4) is 0 Å². The fourth-order valence-electron chi connectivity index (χ4n) is 0.705. The predicted octanol–water partition coefficient (Wildman–Crippen LogP) is -0.400. The van der Waals surface area contributed by atoms with Crippen molar-refractivity contribution < 1.29 is 17.9 Å². The summed E-state index contributed by atoms with van der Waals surface area (Å²) in [5.41, 5.74) is 0.0166. The van der Waals surface area contributed by atoms with E-state index in [9.17, 15) is 13.2 Å². The van der Waals surface area contributed by atoms with Crippen LogP contribution in [0.3, 0.4) is 0 Å². The van der Waals surface area contributed by atoms with Crippen molar-refractivity contribution in [1.29, 1.82) is 0 Å². The third-order valence-electron chi connectivity index (χ3n) is 1.31. The third kappa shape index (κ3) is 2.05. The Labute approximate surface area is 74.9 Å². The first-order valence-corrected chi connectivity index (χ1v) is 5.17. The Morgan fingerprint density at radius 3 is 2.62 bits per heavy atom. The zero-order chi connectivity index (χ0) is 10.1. The molecule has 0 spiro atoms. The quantitative estimate of drug-likeness (QED) is 0.662. The number of aromatic nitrogens is 2. The Morgan fingerprint density at radius 1 is 1.62 bits per heavy atom. The number of sulfone groups is 1. The number of hydrogen-bond donors (Lipinski definition) is 1. The van der Waals surface area contributed by atoms with Gasteiger partial charge in [-0.2, -0.15) is 0 Å². The lowest BCUT2D eigenvalue weighted by molar-refractivity contribution is 0.0594. The van der Waals surface area contributed by atoms with Crippen LogP contribution in [0.4, 0.5) is 0 Å². The van der Waals surface area contributed by atoms with Crippen LogP contribution in [-0.2, 0) is 14.6 Å². The molecule has 0 bridgehead atoms. The number of methoxy groups -OCH3 is 1. The largest absolute Gasteiger partial charge is 0.464 e. The van der Waals surface area contributed by atoms with Crippen LogP contribution in [0.25, 0.3) is 0 Å². The van der Waals surface area contributed by atoms with Crippen LogP contribution in [0.1, 0.15) is 10.5 Å². The van der Waals surface area contributed by atoms with E-state index in [1.165, 1.54) is 7.11 Å². The Bertz CT molecular complexity index is 420. The molecule has 0 aliphatic rings. The van der Waals surface area contributed by atoms with E-state index >= 15 is 0 Å². The van der Waals surface area contributed by atoms with Gasteiger partial charge in [0.2, 0.25) is 15.0 Å². The molecule has 0 fully saturated rings. The lowest BCUT2D eigenvalue weighted by Crippen LogP contribution is -2.03. The van der Waals surface area contributed by atoms with Gasteiger partial charge in [-0.25, -0.2) is 18.2 Å². The molecule has 1 aromatic rings. The zero-order valence-corrected chi connectivity index (χ0v) is 7.88. The summed E-state index contributed by atoms with van der Waals surface area (Å²) >= 11 is 0. The first kappa shape index (κ1) is 9.72. The number of H-pyrrole nitrogens is 1. The van der Waals surface area contributed by atoms with E-state index in [-0.39, 0.29) is 10.9 Å². The number of rotatable bonds is 2. The molecule has 13 heavy (non-hydrogen) atoms. The smallest absolute Gasteiger partial charge is 0.356 e. The summed E-state index contributed by atoms with van der Waals surface area (Å²) in [6.45, 7) is 0. The van der Waals surface area contributed by atoms with Gasteiger partial charge in [0.05, 0.1) is 13.3 Å². The minimum Gasteiger partial charge on any atom is -0.464 e. The van der Waals surface area contributed by atoms with Gasteiger partial charge < -0.3 is 9.72 Å². The number of nitrogens with zero attached hydrogens (tertiary/aromatic N) is 1. The molecule has 0 aliphatic carbocycles. The normalized spacial score (nSPS) is 11.2. The standard InChI is InChI=1S/C6H8N2O4S/c1-12-5(9)4-3-7-6(8-4)13(2,10)11/h3H,1-2H3,(H,7,8). The average Bonchev–Trinajstić information content (AvgIpc) is 2.50. The van der Waals surface area contributed by atoms with E-state index < -0.39 is 15.8 Å². The third-order valence-corrected chi connectivity index (χ3v) is 2.22. The number of carbonyl (C=O) groups excluding carboxylic acids is 1. The molecule has 0 atom stereocenters. The van der Waals surface area contributed by atoms with Crippen LogP contribution in [0.2, 0.25) is 0 Å². The van der Waals surface area contributed by atoms with Crippen molar-refractivity contribution in [2.45, 2.75) is 5.16 Å². The number of aromatic amines is 1. The second-order valence-electron chi connectivity index (χ2n) is 2.37. The number of esters is 1. The van der Waals surface area contributed by atoms with E-state index in [1.807, 2.05) is 0 Å². The van der Waals surface area contributed by atoms with Gasteiger partial charge in [0.25, 0.3) is 0 Å². The number of hydrogen-bond acceptors (Lipinski definition) is 5. The molecule has 0 aromatic carbocycles. The molecular formula is C6H8N2O4S. The molecule has 0 radical (unpaired) electrons. The predicted molar refractivity (Wildman–Crippen MR) is 43.0 cm³/mol. The molecule has 72 valence electrons. The Hall–Kier alpha value is -1.37. The second-order valence-corrected chi connectivity index (χ2v) is 4.30. The molecule has 0 saturated carbocycles. The summed E-state index contributed by atoms with van der Waals surface area (Å²) in [7, 11) is -2.20. The van der Waals surface area contributed by atoms with Crippen molar-refractivity contribution >= 4 is 15.8 Å². The summed E-state index contributed by atoms with van der Waals surface area (Å²) in [5.74, 6) is -0.651. The van der Waals surface area contributed by atoms with Gasteiger partial charge in [-0.05, 0) is 0 Å². The van der Waals surface area contributed by atoms with Crippen molar-refractivity contribution in [3.63, 3.8) is 0 Å². The van der Waals surface area contributed by atoms with Crippen molar-refractivity contribution in [1.82, 2.24) is 9.97 Å². The highest BCUT2D eigenvalue weighted by molar-refractivity contribution is 7.90. The maximum Gasteiger partial charge on any atom is 0.356 e. The molecule has 0 saturated heterocycles. The van der Waals surface area contributed by atoms with E-state index in [0.29, 0.717) is 0 Å². The van der Waals surface area contributed by atoms with Crippen molar-refractivity contribution in [2.24, 2.45) is 0 Å². The van der Waals surface area contributed by atoms with Crippen molar-refractivity contribution in [2.75, 3.05) is 13.4 Å². The summed E-state index contributed by atoms with van der Waals surface area (Å²) in [6, 6.07) is 0. The SMILES string of the molecule is COC(=O)c1cnc(S(C)(=O)=O)[nH]1. The maximum atomic E-state index is 10.9. The summed E-state index contributed by atoms with van der Waals surface area (Å²) in [6.07, 6.45) is 2.11. The number of imidazole rings is 1. The second kappa shape index (κ2) is 3.17. The number of carbonyl (C=O) groups is 1. The van der Waals surface area contributed by atoms with Crippen LogP contribution in [0.15, 0.2) is 11.4 Å². The summed E-state index contributed by atoms with van der Waals surface area (Å²) in [4.78, 5) is 16.7. The van der Waals surface area contributed by atoms with Crippen molar-refractivity contribution in [3.05, 3.63) is 11.9 Å². The first-order valence-electron chi connectivity index (χ1n) is 3.28. The fourth-order valence-corrected chi connectivity index (χ4v) is 1.24. The van der Waals surface area contributed by atoms with Gasteiger partial charge in [0.15, 0.2) is 0 Å². The molecule has 1 N–H and O–H groups in total. The minimum atomic E-state index is -3.40. The molecule has 0 amide bonds. The highest BCUT2D eigenvalue weighted by Gasteiger charge is 2.15. The van der Waals surface area contributed by atoms with Gasteiger partial charge in [-0.15, -0.1) is 0 Å². The van der Waals surface area contributed by atoms with Crippen LogP contribution < -0.4 is 0 Å². The van der Waals surface area contributed by atoms with Crippen LogP contribution in [0, 0.1) is 0 Å². The van der Waals surface area contributed by atoms with Crippen LogP contribution in [0.5, 0.6) is 0 Å².